The maximum absolute atomic E-state index is 15.3. The van der Waals surface area contributed by atoms with Gasteiger partial charge in [0.25, 0.3) is 0 Å². The number of halogens is 2. The number of thiazole rings is 1. The lowest BCUT2D eigenvalue weighted by Crippen LogP contribution is -1.99. The molecule has 0 saturated carbocycles. The van der Waals surface area contributed by atoms with Crippen LogP contribution in [0.4, 0.5) is 4.39 Å². The van der Waals surface area contributed by atoms with Crippen LogP contribution in [-0.4, -0.2) is 9.97 Å². The van der Waals surface area contributed by atoms with Crippen LogP contribution in [0, 0.1) is 0 Å². The van der Waals surface area contributed by atoms with E-state index in [-0.39, 0.29) is 0 Å². The molecule has 2 heterocycles. The van der Waals surface area contributed by atoms with Gasteiger partial charge in [-0.1, -0.05) is 61.0 Å². The van der Waals surface area contributed by atoms with Crippen LogP contribution < -0.4 is 0 Å². The Morgan fingerprint density at radius 2 is 2.04 bits per heavy atom. The van der Waals surface area contributed by atoms with Crippen molar-refractivity contribution in [3.8, 4) is 0 Å². The molecule has 2 nitrogen and oxygen atoms in total. The molecule has 1 atom stereocenters. The van der Waals surface area contributed by atoms with Crippen LogP contribution in [-0.2, 0) is 6.42 Å². The van der Waals surface area contributed by atoms with Gasteiger partial charge in [0.15, 0.2) is 10.5 Å². The lowest BCUT2D eigenvalue weighted by Gasteiger charge is -2.15. The topological polar surface area (TPSA) is 25.8 Å². The Hall–Kier alpha value is -1.43. The average molecular weight is 393 g/mol. The van der Waals surface area contributed by atoms with Crippen LogP contribution in [0.5, 0.6) is 0 Å². The second-order valence-corrected chi connectivity index (χ2v) is 8.23. The molecule has 0 aliphatic heterocycles. The van der Waals surface area contributed by atoms with E-state index >= 15 is 4.39 Å². The third-order valence-corrected chi connectivity index (χ3v) is 6.08. The number of alkyl halides is 1. The fourth-order valence-corrected chi connectivity index (χ4v) is 4.55. The first-order chi connectivity index (χ1) is 12.2. The number of aromatic nitrogens is 2. The number of unbranched alkanes of at least 4 members (excludes halogenated alkanes) is 1. The summed E-state index contributed by atoms with van der Waals surface area (Å²) in [7, 11) is 0. The van der Waals surface area contributed by atoms with Crippen molar-refractivity contribution in [2.45, 2.75) is 41.6 Å². The number of rotatable bonds is 7. The highest BCUT2D eigenvalue weighted by Crippen LogP contribution is 2.40. The van der Waals surface area contributed by atoms with Crippen molar-refractivity contribution in [1.82, 2.24) is 9.97 Å². The third kappa shape index (κ3) is 4.60. The molecule has 0 fully saturated rings. The van der Waals surface area contributed by atoms with Crippen molar-refractivity contribution >= 4 is 34.7 Å². The van der Waals surface area contributed by atoms with Crippen molar-refractivity contribution in [2.75, 3.05) is 0 Å². The minimum absolute atomic E-state index is 0.337. The Labute approximate surface area is 160 Å². The van der Waals surface area contributed by atoms with Crippen molar-refractivity contribution in [1.29, 1.82) is 0 Å². The Morgan fingerprint density at radius 3 is 2.72 bits per heavy atom. The van der Waals surface area contributed by atoms with Crippen LogP contribution >= 0.6 is 34.7 Å². The molecular formula is C19H18ClFN2S2. The number of aryl methyl sites for hydroxylation is 1. The minimum Gasteiger partial charge on any atom is -0.262 e. The number of hydrogen-bond donors (Lipinski definition) is 0. The summed E-state index contributed by atoms with van der Waals surface area (Å²) < 4.78 is 16.1. The molecule has 0 amide bonds. The number of nitrogens with zero attached hydrogens (tertiary/aromatic N) is 2. The second-order valence-electron chi connectivity index (χ2n) is 5.64. The Kier molecular flexibility index (Phi) is 6.45. The lowest BCUT2D eigenvalue weighted by molar-refractivity contribution is 0.396. The lowest BCUT2D eigenvalue weighted by atomic mass is 10.0. The third-order valence-electron chi connectivity index (χ3n) is 3.85. The molecule has 0 radical (unpaired) electrons. The quantitative estimate of drug-likeness (QED) is 0.445. The number of benzene rings is 1. The van der Waals surface area contributed by atoms with Gasteiger partial charge < -0.3 is 0 Å². The molecular weight excluding hydrogens is 375 g/mol. The minimum atomic E-state index is -1.29. The van der Waals surface area contributed by atoms with E-state index in [9.17, 15) is 0 Å². The van der Waals surface area contributed by atoms with Crippen molar-refractivity contribution in [3.63, 3.8) is 0 Å². The van der Waals surface area contributed by atoms with Crippen molar-refractivity contribution < 1.29 is 4.39 Å². The Balaban J connectivity index is 1.87. The molecule has 6 heteroatoms. The first kappa shape index (κ1) is 18.4. The fourth-order valence-electron chi connectivity index (χ4n) is 2.51. The number of hydrogen-bond acceptors (Lipinski definition) is 4. The van der Waals surface area contributed by atoms with Crippen molar-refractivity contribution in [3.05, 3.63) is 69.9 Å². The van der Waals surface area contributed by atoms with Crippen LogP contribution in [0.1, 0.15) is 42.6 Å². The summed E-state index contributed by atoms with van der Waals surface area (Å²) in [5.74, 6) is 0. The van der Waals surface area contributed by atoms with Crippen molar-refractivity contribution in [2.24, 2.45) is 0 Å². The van der Waals surface area contributed by atoms with E-state index in [1.165, 1.54) is 34.9 Å². The van der Waals surface area contributed by atoms with Crippen LogP contribution in [0.3, 0.4) is 0 Å². The zero-order valence-corrected chi connectivity index (χ0v) is 16.2. The number of pyridine rings is 1. The molecule has 3 rings (SSSR count). The molecule has 3 aromatic rings. The SMILES string of the molecule is CCCCc1ccc(C(F)c2c(Cl)cncc2Sc2nccs2)cc1. The standard InChI is InChI=1S/C19H18ClFN2S2/c1-2-3-4-13-5-7-14(8-6-13)18(21)17-15(20)11-22-12-16(17)25-19-23-9-10-24-19/h5-12,18H,2-4H2,1H3. The molecule has 25 heavy (non-hydrogen) atoms. The van der Waals surface area contributed by atoms with Gasteiger partial charge in [-0.15, -0.1) is 11.3 Å². The van der Waals surface area contributed by atoms with E-state index in [4.69, 9.17) is 11.6 Å². The summed E-state index contributed by atoms with van der Waals surface area (Å²) in [4.78, 5) is 9.05. The molecule has 0 spiro atoms. The Bertz CT molecular complexity index is 807. The highest BCUT2D eigenvalue weighted by Gasteiger charge is 2.21. The van der Waals surface area contributed by atoms with E-state index in [1.54, 1.807) is 12.4 Å². The first-order valence-electron chi connectivity index (χ1n) is 8.12. The maximum Gasteiger partial charge on any atom is 0.154 e. The zero-order chi connectivity index (χ0) is 17.6. The molecule has 0 N–H and O–H groups in total. The van der Waals surface area contributed by atoms with Gasteiger partial charge in [-0.3, -0.25) is 4.98 Å². The van der Waals surface area contributed by atoms with Gasteiger partial charge in [0.2, 0.25) is 0 Å². The predicted octanol–water partition coefficient (Wildman–Crippen LogP) is 6.74. The molecule has 130 valence electrons. The van der Waals surface area contributed by atoms with Crippen LogP contribution in [0.25, 0.3) is 0 Å². The maximum atomic E-state index is 15.3. The van der Waals surface area contributed by atoms with Gasteiger partial charge in [0.1, 0.15) is 0 Å². The summed E-state index contributed by atoms with van der Waals surface area (Å²) >= 11 is 9.18. The smallest absolute Gasteiger partial charge is 0.154 e. The van der Waals surface area contributed by atoms with Gasteiger partial charge >= 0.3 is 0 Å². The Morgan fingerprint density at radius 1 is 1.24 bits per heavy atom. The molecule has 2 aromatic heterocycles. The van der Waals surface area contributed by atoms with Crippen LogP contribution in [0.2, 0.25) is 5.02 Å². The highest BCUT2D eigenvalue weighted by atomic mass is 35.5. The second kappa shape index (κ2) is 8.79. The van der Waals surface area contributed by atoms with Crippen LogP contribution in [0.15, 0.2) is 57.5 Å². The van der Waals surface area contributed by atoms with E-state index < -0.39 is 6.17 Å². The average Bonchev–Trinajstić information content (AvgIpc) is 3.13. The molecule has 0 bridgehead atoms. The van der Waals surface area contributed by atoms with E-state index in [0.717, 1.165) is 23.6 Å². The summed E-state index contributed by atoms with van der Waals surface area (Å²) in [6.07, 6.45) is 6.89. The fraction of sp³-hybridized carbons (Fsp3) is 0.263. The summed E-state index contributed by atoms with van der Waals surface area (Å²) in [6, 6.07) is 7.70. The monoisotopic (exact) mass is 392 g/mol. The molecule has 0 saturated heterocycles. The molecule has 0 aliphatic rings. The zero-order valence-electron chi connectivity index (χ0n) is 13.8. The first-order valence-corrected chi connectivity index (χ1v) is 10.2. The van der Waals surface area contributed by atoms with Gasteiger partial charge in [-0.25, -0.2) is 9.37 Å². The van der Waals surface area contributed by atoms with Gasteiger partial charge in [0.05, 0.1) is 5.02 Å². The largest absolute Gasteiger partial charge is 0.262 e. The van der Waals surface area contributed by atoms with Gasteiger partial charge in [-0.2, -0.15) is 0 Å². The molecule has 1 aromatic carbocycles. The summed E-state index contributed by atoms with van der Waals surface area (Å²) in [5, 5.41) is 2.23. The molecule has 1 unspecified atom stereocenters. The highest BCUT2D eigenvalue weighted by molar-refractivity contribution is 8.01. The summed E-state index contributed by atoms with van der Waals surface area (Å²) in [6.45, 7) is 2.17. The van der Waals surface area contributed by atoms with Gasteiger partial charge in [0, 0.05) is 34.4 Å². The van der Waals surface area contributed by atoms with E-state index in [0.29, 0.717) is 21.0 Å². The van der Waals surface area contributed by atoms with E-state index in [1.807, 2.05) is 29.6 Å². The molecule has 0 aliphatic carbocycles. The summed E-state index contributed by atoms with van der Waals surface area (Å²) in [5.41, 5.74) is 2.29. The van der Waals surface area contributed by atoms with E-state index in [2.05, 4.69) is 16.9 Å². The van der Waals surface area contributed by atoms with Gasteiger partial charge in [-0.05, 0) is 24.0 Å². The predicted molar refractivity (Wildman–Crippen MR) is 103 cm³/mol. The normalized spacial score (nSPS) is 12.3.